The molecule has 2 N–H and O–H groups in total. The molecule has 0 bridgehead atoms. The number of aromatic nitrogens is 2. The first-order chi connectivity index (χ1) is 10.7. The molecule has 1 amide bonds. The molecule has 0 spiro atoms. The average Bonchev–Trinajstić information content (AvgIpc) is 2.84. The summed E-state index contributed by atoms with van der Waals surface area (Å²) < 4.78 is 0.642. The molecule has 0 radical (unpaired) electrons. The number of nitrogens with one attached hydrogen (secondary N) is 2. The molecule has 0 saturated carbocycles. The number of amides is 1. The molecule has 0 atom stereocenters. The van der Waals surface area contributed by atoms with Crippen molar-refractivity contribution in [3.05, 3.63) is 77.3 Å². The fourth-order valence-electron chi connectivity index (χ4n) is 2.31. The summed E-state index contributed by atoms with van der Waals surface area (Å²) in [6.07, 6.45) is 0. The summed E-state index contributed by atoms with van der Waals surface area (Å²) in [5, 5.41) is 15.2. The normalized spacial score (nSPS) is 10.4. The van der Waals surface area contributed by atoms with E-state index in [0.29, 0.717) is 21.9 Å². The lowest BCUT2D eigenvalue weighted by Gasteiger charge is -2.07. The summed E-state index contributed by atoms with van der Waals surface area (Å²) in [7, 11) is 0. The third kappa shape index (κ3) is 2.56. The van der Waals surface area contributed by atoms with Crippen LogP contribution in [-0.2, 0) is 0 Å². The second kappa shape index (κ2) is 5.73. The fraction of sp³-hybridized carbons (Fsp3) is 0.0588. The highest BCUT2D eigenvalue weighted by molar-refractivity contribution is 6.02. The highest BCUT2D eigenvalue weighted by Crippen LogP contribution is 2.16. The minimum absolute atomic E-state index is 0.0720. The number of rotatable bonds is 3. The number of anilines is 1. The largest absolute Gasteiger partial charge is 0.710 e. The molecule has 1 heterocycles. The van der Waals surface area contributed by atoms with Gasteiger partial charge < -0.3 is 10.5 Å². The Morgan fingerprint density at radius 1 is 1.05 bits per heavy atom. The van der Waals surface area contributed by atoms with Crippen molar-refractivity contribution in [2.75, 3.05) is 5.32 Å². The summed E-state index contributed by atoms with van der Waals surface area (Å²) in [6, 6.07) is 18.2. The van der Waals surface area contributed by atoms with Crippen LogP contribution in [-0.4, -0.2) is 10.9 Å². The number of hydrogen-bond acceptors (Lipinski definition) is 2. The summed E-state index contributed by atoms with van der Waals surface area (Å²) in [6.45, 7) is 1.71. The third-order valence-corrected chi connectivity index (χ3v) is 3.36. The van der Waals surface area contributed by atoms with Crippen molar-refractivity contribution in [3.8, 4) is 11.4 Å². The van der Waals surface area contributed by atoms with Gasteiger partial charge in [-0.05, 0) is 24.3 Å². The Balaban J connectivity index is 1.95. The van der Waals surface area contributed by atoms with Gasteiger partial charge in [-0.3, -0.25) is 4.79 Å². The number of H-pyrrole nitrogens is 1. The maximum atomic E-state index is 12.4. The van der Waals surface area contributed by atoms with Crippen LogP contribution in [0.5, 0.6) is 0 Å². The van der Waals surface area contributed by atoms with Crippen LogP contribution in [0.15, 0.2) is 60.7 Å². The van der Waals surface area contributed by atoms with Gasteiger partial charge in [0.2, 0.25) is 5.69 Å². The number of aromatic amines is 1. The molecule has 3 aromatic rings. The van der Waals surface area contributed by atoms with Crippen LogP contribution in [0.25, 0.3) is 11.4 Å². The highest BCUT2D eigenvalue weighted by atomic mass is 16.5. The second-order valence-corrected chi connectivity index (χ2v) is 4.93. The Labute approximate surface area is 127 Å². The van der Waals surface area contributed by atoms with Crippen LogP contribution in [0.3, 0.4) is 0 Å². The van der Waals surface area contributed by atoms with Crippen molar-refractivity contribution < 1.29 is 9.52 Å². The Hall–Kier alpha value is -3.08. The summed E-state index contributed by atoms with van der Waals surface area (Å²) in [4.78, 5) is 15.3. The molecule has 0 aliphatic heterocycles. The predicted molar refractivity (Wildman–Crippen MR) is 84.3 cm³/mol. The molecule has 2 aromatic carbocycles. The third-order valence-electron chi connectivity index (χ3n) is 3.36. The van der Waals surface area contributed by atoms with E-state index >= 15 is 0 Å². The number of carbonyl (C=O) groups is 1. The van der Waals surface area contributed by atoms with E-state index in [0.717, 1.165) is 5.56 Å². The standard InChI is InChI=1S/C17H15N3O2/c1-12-15(17(21)19-14-10-6-3-7-11-14)20(22)16(18-12)13-8-4-2-5-9-13/h2-11,18H,1H3,(H,19,21). The van der Waals surface area contributed by atoms with E-state index in [1.807, 2.05) is 48.5 Å². The molecule has 0 aliphatic rings. The van der Waals surface area contributed by atoms with Crippen molar-refractivity contribution in [1.82, 2.24) is 4.98 Å². The summed E-state index contributed by atoms with van der Waals surface area (Å²) in [5.41, 5.74) is 1.98. The van der Waals surface area contributed by atoms with Crippen molar-refractivity contribution in [1.29, 1.82) is 0 Å². The molecule has 0 unspecified atom stereocenters. The van der Waals surface area contributed by atoms with Gasteiger partial charge in [-0.2, -0.15) is 0 Å². The lowest BCUT2D eigenvalue weighted by Crippen LogP contribution is -2.36. The zero-order valence-electron chi connectivity index (χ0n) is 12.0. The number of benzene rings is 2. The van der Waals surface area contributed by atoms with Crippen LogP contribution in [0.2, 0.25) is 0 Å². The minimum atomic E-state index is -0.433. The molecule has 0 saturated heterocycles. The van der Waals surface area contributed by atoms with Gasteiger partial charge in [-0.15, -0.1) is 0 Å². The maximum absolute atomic E-state index is 12.4. The average molecular weight is 293 g/mol. The summed E-state index contributed by atoms with van der Waals surface area (Å²) >= 11 is 0. The summed E-state index contributed by atoms with van der Waals surface area (Å²) in [5.74, 6) is -0.0755. The van der Waals surface area contributed by atoms with Gasteiger partial charge in [0.25, 0.3) is 11.7 Å². The van der Waals surface area contributed by atoms with Gasteiger partial charge >= 0.3 is 0 Å². The van der Waals surface area contributed by atoms with Crippen molar-refractivity contribution in [3.63, 3.8) is 0 Å². The Morgan fingerprint density at radius 3 is 2.27 bits per heavy atom. The zero-order valence-corrected chi connectivity index (χ0v) is 12.0. The number of nitrogens with zero attached hydrogens (tertiary/aromatic N) is 1. The minimum Gasteiger partial charge on any atom is -0.710 e. The SMILES string of the molecule is Cc1[nH]c(-c2ccccc2)[n+]([O-])c1C(=O)Nc1ccccc1. The molecule has 0 aliphatic carbocycles. The first-order valence-corrected chi connectivity index (χ1v) is 6.91. The smallest absolute Gasteiger partial charge is 0.300 e. The van der Waals surface area contributed by atoms with E-state index in [4.69, 9.17) is 0 Å². The second-order valence-electron chi connectivity index (χ2n) is 4.93. The molecule has 5 heteroatoms. The Morgan fingerprint density at radius 2 is 1.64 bits per heavy atom. The molecule has 0 fully saturated rings. The Bertz CT molecular complexity index is 796. The zero-order chi connectivity index (χ0) is 15.5. The lowest BCUT2D eigenvalue weighted by atomic mass is 10.2. The van der Waals surface area contributed by atoms with Crippen LogP contribution in [0, 0.1) is 12.1 Å². The maximum Gasteiger partial charge on any atom is 0.300 e. The predicted octanol–water partition coefficient (Wildman–Crippen LogP) is 2.88. The van der Waals surface area contributed by atoms with Gasteiger partial charge in [-0.25, -0.2) is 9.71 Å². The number of carbonyl (C=O) groups excluding carboxylic acids is 1. The van der Waals surface area contributed by atoms with Crippen LogP contribution in [0.1, 0.15) is 16.2 Å². The number of para-hydroxylation sites is 1. The van der Waals surface area contributed by atoms with Crippen molar-refractivity contribution >= 4 is 11.6 Å². The van der Waals surface area contributed by atoms with Crippen LogP contribution >= 0.6 is 0 Å². The molecule has 5 nitrogen and oxygen atoms in total. The first-order valence-electron chi connectivity index (χ1n) is 6.91. The number of aryl methyl sites for hydroxylation is 1. The van der Waals surface area contributed by atoms with Crippen LogP contribution in [0.4, 0.5) is 5.69 Å². The van der Waals surface area contributed by atoms with E-state index < -0.39 is 5.91 Å². The topological polar surface area (TPSA) is 71.8 Å². The quantitative estimate of drug-likeness (QED) is 0.575. The first kappa shape index (κ1) is 13.9. The fourth-order valence-corrected chi connectivity index (χ4v) is 2.31. The van der Waals surface area contributed by atoms with E-state index in [1.165, 1.54) is 0 Å². The van der Waals surface area contributed by atoms with E-state index in [9.17, 15) is 10.0 Å². The van der Waals surface area contributed by atoms with Gasteiger partial charge in [0, 0.05) is 12.6 Å². The van der Waals surface area contributed by atoms with E-state index in [-0.39, 0.29) is 5.69 Å². The molecule has 3 rings (SSSR count). The molecular formula is C17H15N3O2. The van der Waals surface area contributed by atoms with Crippen molar-refractivity contribution in [2.24, 2.45) is 0 Å². The van der Waals surface area contributed by atoms with E-state index in [1.54, 1.807) is 19.1 Å². The number of hydrogen-bond donors (Lipinski definition) is 2. The van der Waals surface area contributed by atoms with Gasteiger partial charge in [0.15, 0.2) is 5.69 Å². The lowest BCUT2D eigenvalue weighted by molar-refractivity contribution is -0.594. The van der Waals surface area contributed by atoms with E-state index in [2.05, 4.69) is 10.3 Å². The number of imidazole rings is 1. The van der Waals surface area contributed by atoms with Crippen molar-refractivity contribution in [2.45, 2.75) is 6.92 Å². The van der Waals surface area contributed by atoms with Gasteiger partial charge in [0.05, 0.1) is 5.56 Å². The Kier molecular flexibility index (Phi) is 3.62. The monoisotopic (exact) mass is 293 g/mol. The van der Waals surface area contributed by atoms with Gasteiger partial charge in [0.1, 0.15) is 0 Å². The van der Waals surface area contributed by atoms with Crippen LogP contribution < -0.4 is 10.0 Å². The molecule has 22 heavy (non-hydrogen) atoms. The van der Waals surface area contributed by atoms with Gasteiger partial charge in [-0.1, -0.05) is 36.4 Å². The molecule has 110 valence electrons. The molecular weight excluding hydrogens is 278 g/mol. The highest BCUT2D eigenvalue weighted by Gasteiger charge is 2.24. The molecule has 1 aromatic heterocycles.